The van der Waals surface area contributed by atoms with Crippen molar-refractivity contribution < 1.29 is 9.47 Å². The molecule has 1 N–H and O–H groups in total. The fourth-order valence-electron chi connectivity index (χ4n) is 4.17. The van der Waals surface area contributed by atoms with Crippen LogP contribution in [0.4, 0.5) is 5.95 Å². The fraction of sp³-hybridized carbons (Fsp3) is 0.348. The van der Waals surface area contributed by atoms with Gasteiger partial charge in [0.2, 0.25) is 5.95 Å². The molecule has 0 aliphatic heterocycles. The van der Waals surface area contributed by atoms with Crippen LogP contribution < -0.4 is 14.8 Å². The van der Waals surface area contributed by atoms with E-state index in [1.54, 1.807) is 14.2 Å². The van der Waals surface area contributed by atoms with Crippen LogP contribution in [0.15, 0.2) is 42.5 Å². The second-order valence-electron chi connectivity index (χ2n) is 7.68. The number of benzene rings is 2. The van der Waals surface area contributed by atoms with Crippen molar-refractivity contribution in [2.75, 3.05) is 19.5 Å². The van der Waals surface area contributed by atoms with Gasteiger partial charge in [-0.1, -0.05) is 49.6 Å². The third-order valence-corrected chi connectivity index (χ3v) is 5.75. The van der Waals surface area contributed by atoms with E-state index in [2.05, 4.69) is 5.32 Å². The predicted octanol–water partition coefficient (Wildman–Crippen LogP) is 4.71. The zero-order valence-electron chi connectivity index (χ0n) is 17.3. The van der Waals surface area contributed by atoms with E-state index in [1.165, 1.54) is 19.3 Å². The highest BCUT2D eigenvalue weighted by Gasteiger charge is 2.20. The molecule has 2 heterocycles. The van der Waals surface area contributed by atoms with Gasteiger partial charge in [0, 0.05) is 23.1 Å². The van der Waals surface area contributed by atoms with Crippen LogP contribution in [0.25, 0.3) is 27.9 Å². The Kier molecular flexibility index (Phi) is 4.86. The smallest absolute Gasteiger partial charge is 0.226 e. The molecule has 0 bridgehead atoms. The minimum absolute atomic E-state index is 0.399. The molecule has 4 aromatic rings. The average Bonchev–Trinajstić information content (AvgIpc) is 3.26. The Labute approximate surface area is 175 Å². The number of rotatable bonds is 5. The molecule has 7 nitrogen and oxygen atoms in total. The molecular weight excluding hydrogens is 378 g/mol. The molecule has 0 saturated heterocycles. The van der Waals surface area contributed by atoms with Gasteiger partial charge in [-0.2, -0.15) is 4.52 Å². The van der Waals surface area contributed by atoms with Gasteiger partial charge in [0.05, 0.1) is 19.7 Å². The van der Waals surface area contributed by atoms with E-state index in [1.807, 2.05) is 47.0 Å². The van der Waals surface area contributed by atoms with E-state index in [0.717, 1.165) is 35.0 Å². The summed E-state index contributed by atoms with van der Waals surface area (Å²) in [5.74, 6) is 2.68. The molecule has 154 valence electrons. The standard InChI is InChI=1S/C23H25N5O2/c1-29-19-13-17-18(14-20(19)30-2)25-23(24-16-11-7-4-8-12-16)28-22(17)26-21(27-28)15-9-5-3-6-10-15/h3,5-6,9-10,13-14,16H,4,7-8,11-12H2,1-2H3,(H,24,25). The van der Waals surface area contributed by atoms with Crippen molar-refractivity contribution in [2.45, 2.75) is 38.1 Å². The van der Waals surface area contributed by atoms with E-state index in [0.29, 0.717) is 29.3 Å². The Balaban J connectivity index is 1.72. The summed E-state index contributed by atoms with van der Waals surface area (Å²) in [5, 5.41) is 9.30. The summed E-state index contributed by atoms with van der Waals surface area (Å²) < 4.78 is 12.8. The zero-order valence-corrected chi connectivity index (χ0v) is 17.3. The van der Waals surface area contributed by atoms with Crippen molar-refractivity contribution >= 4 is 22.5 Å². The van der Waals surface area contributed by atoms with Gasteiger partial charge in [-0.3, -0.25) is 0 Å². The summed E-state index contributed by atoms with van der Waals surface area (Å²) in [6.07, 6.45) is 6.08. The summed E-state index contributed by atoms with van der Waals surface area (Å²) in [6.45, 7) is 0. The molecule has 7 heteroatoms. The number of hydrogen-bond donors (Lipinski definition) is 1. The number of aromatic nitrogens is 4. The highest BCUT2D eigenvalue weighted by molar-refractivity contribution is 5.95. The second-order valence-corrected chi connectivity index (χ2v) is 7.68. The first-order valence-electron chi connectivity index (χ1n) is 10.4. The van der Waals surface area contributed by atoms with Gasteiger partial charge >= 0.3 is 0 Å². The number of ether oxygens (including phenoxy) is 2. The lowest BCUT2D eigenvalue weighted by Gasteiger charge is -2.23. The van der Waals surface area contributed by atoms with Crippen LogP contribution in [-0.4, -0.2) is 39.8 Å². The Morgan fingerprint density at radius 2 is 1.67 bits per heavy atom. The van der Waals surface area contributed by atoms with Crippen LogP contribution in [0.1, 0.15) is 32.1 Å². The van der Waals surface area contributed by atoms with Crippen molar-refractivity contribution in [3.63, 3.8) is 0 Å². The van der Waals surface area contributed by atoms with Gasteiger partial charge in [-0.15, -0.1) is 5.10 Å². The number of anilines is 1. The number of fused-ring (bicyclic) bond motifs is 3. The molecule has 2 aromatic heterocycles. The molecule has 0 unspecified atom stereocenters. The van der Waals surface area contributed by atoms with Crippen molar-refractivity contribution in [1.82, 2.24) is 19.6 Å². The Morgan fingerprint density at radius 1 is 0.933 bits per heavy atom. The fourth-order valence-corrected chi connectivity index (χ4v) is 4.17. The summed E-state index contributed by atoms with van der Waals surface area (Å²) in [4.78, 5) is 9.77. The predicted molar refractivity (Wildman–Crippen MR) is 117 cm³/mol. The highest BCUT2D eigenvalue weighted by Crippen LogP contribution is 2.34. The van der Waals surface area contributed by atoms with E-state index in [9.17, 15) is 0 Å². The summed E-state index contributed by atoms with van der Waals surface area (Å²) >= 11 is 0. The first kappa shape index (κ1) is 18.7. The summed E-state index contributed by atoms with van der Waals surface area (Å²) in [7, 11) is 3.26. The Morgan fingerprint density at radius 3 is 2.40 bits per heavy atom. The van der Waals surface area contributed by atoms with E-state index >= 15 is 0 Å². The van der Waals surface area contributed by atoms with Gasteiger partial charge in [0.15, 0.2) is 23.0 Å². The van der Waals surface area contributed by atoms with Crippen molar-refractivity contribution in [2.24, 2.45) is 0 Å². The molecule has 1 fully saturated rings. The van der Waals surface area contributed by atoms with Crippen LogP contribution in [0.3, 0.4) is 0 Å². The average molecular weight is 403 g/mol. The molecule has 1 aliphatic rings. The monoisotopic (exact) mass is 403 g/mol. The van der Waals surface area contributed by atoms with Crippen LogP contribution in [0, 0.1) is 0 Å². The minimum atomic E-state index is 0.399. The lowest BCUT2D eigenvalue weighted by molar-refractivity contribution is 0.356. The second kappa shape index (κ2) is 7.82. The Hall–Kier alpha value is -3.35. The van der Waals surface area contributed by atoms with Gasteiger partial charge in [-0.25, -0.2) is 9.97 Å². The van der Waals surface area contributed by atoms with Crippen LogP contribution >= 0.6 is 0 Å². The molecule has 30 heavy (non-hydrogen) atoms. The van der Waals surface area contributed by atoms with Gasteiger partial charge in [0.1, 0.15) is 0 Å². The molecule has 0 atom stereocenters. The minimum Gasteiger partial charge on any atom is -0.493 e. The van der Waals surface area contributed by atoms with E-state index in [-0.39, 0.29) is 0 Å². The molecule has 1 aliphatic carbocycles. The van der Waals surface area contributed by atoms with Gasteiger partial charge < -0.3 is 14.8 Å². The molecule has 0 radical (unpaired) electrons. The lowest BCUT2D eigenvalue weighted by atomic mass is 9.96. The van der Waals surface area contributed by atoms with Crippen LogP contribution in [-0.2, 0) is 0 Å². The molecule has 0 spiro atoms. The number of nitrogens with one attached hydrogen (secondary N) is 1. The highest BCUT2D eigenvalue weighted by atomic mass is 16.5. The summed E-state index contributed by atoms with van der Waals surface area (Å²) in [5.41, 5.74) is 2.52. The van der Waals surface area contributed by atoms with Gasteiger partial charge in [-0.05, 0) is 18.9 Å². The largest absolute Gasteiger partial charge is 0.493 e. The van der Waals surface area contributed by atoms with Gasteiger partial charge in [0.25, 0.3) is 0 Å². The van der Waals surface area contributed by atoms with E-state index in [4.69, 9.17) is 24.5 Å². The SMILES string of the molecule is COc1cc2nc(NC3CCCCC3)n3nc(-c4ccccc4)nc3c2cc1OC. The molecule has 1 saturated carbocycles. The zero-order chi connectivity index (χ0) is 20.5. The van der Waals surface area contributed by atoms with Crippen LogP contribution in [0.2, 0.25) is 0 Å². The molecular formula is C23H25N5O2. The van der Waals surface area contributed by atoms with Crippen molar-refractivity contribution in [3.8, 4) is 22.9 Å². The quantitative estimate of drug-likeness (QED) is 0.520. The van der Waals surface area contributed by atoms with E-state index < -0.39 is 0 Å². The molecule has 2 aromatic carbocycles. The van der Waals surface area contributed by atoms with Crippen molar-refractivity contribution in [3.05, 3.63) is 42.5 Å². The molecule has 0 amide bonds. The maximum Gasteiger partial charge on any atom is 0.226 e. The maximum atomic E-state index is 5.51. The lowest BCUT2D eigenvalue weighted by Crippen LogP contribution is -2.24. The number of hydrogen-bond acceptors (Lipinski definition) is 6. The molecule has 5 rings (SSSR count). The third kappa shape index (κ3) is 3.30. The van der Waals surface area contributed by atoms with Crippen LogP contribution in [0.5, 0.6) is 11.5 Å². The maximum absolute atomic E-state index is 5.51. The van der Waals surface area contributed by atoms with Crippen molar-refractivity contribution in [1.29, 1.82) is 0 Å². The first-order chi connectivity index (χ1) is 14.8. The summed E-state index contributed by atoms with van der Waals surface area (Å²) in [6, 6.07) is 14.2. The normalized spacial score (nSPS) is 14.9. The number of nitrogens with zero attached hydrogens (tertiary/aromatic N) is 4. The number of methoxy groups -OCH3 is 2. The first-order valence-corrected chi connectivity index (χ1v) is 10.4. The third-order valence-electron chi connectivity index (χ3n) is 5.75. The Bertz CT molecular complexity index is 1180. The topological polar surface area (TPSA) is 73.6 Å².